The Bertz CT molecular complexity index is 378. The third kappa shape index (κ3) is 3.85. The Kier molecular flexibility index (Phi) is 6.67. The van der Waals surface area contributed by atoms with Gasteiger partial charge in [-0.15, -0.1) is 0 Å². The van der Waals surface area contributed by atoms with Crippen LogP contribution in [0.3, 0.4) is 0 Å². The number of ether oxygens (including phenoxy) is 2. The first-order valence-electron chi connectivity index (χ1n) is 6.88. The number of benzene rings is 1. The van der Waals surface area contributed by atoms with E-state index in [9.17, 15) is 0 Å². The van der Waals surface area contributed by atoms with E-state index in [0.717, 1.165) is 36.3 Å². The summed E-state index contributed by atoms with van der Waals surface area (Å²) in [6.07, 6.45) is 3.30. The van der Waals surface area contributed by atoms with Crippen LogP contribution in [-0.2, 0) is 0 Å². The molecule has 0 aliphatic rings. The Morgan fingerprint density at radius 2 is 1.84 bits per heavy atom. The molecule has 1 aromatic rings. The highest BCUT2D eigenvalue weighted by Gasteiger charge is 2.20. The van der Waals surface area contributed by atoms with Crippen molar-refractivity contribution < 1.29 is 9.47 Å². The zero-order valence-electron chi connectivity index (χ0n) is 12.4. The molecule has 1 atom stereocenters. The second-order valence-electron chi connectivity index (χ2n) is 4.72. The fraction of sp³-hybridized carbons (Fsp3) is 0.600. The lowest BCUT2D eigenvalue weighted by Gasteiger charge is -2.24. The molecule has 0 spiro atoms. The molecular formula is C15H26N2O2. The molecule has 1 rings (SSSR count). The number of nitrogens with two attached hydrogens (primary N) is 1. The molecule has 0 saturated heterocycles. The quantitative estimate of drug-likeness (QED) is 0.561. The molecule has 0 aliphatic heterocycles. The summed E-state index contributed by atoms with van der Waals surface area (Å²) < 4.78 is 10.8. The van der Waals surface area contributed by atoms with E-state index >= 15 is 0 Å². The Balaban J connectivity index is 3.03. The zero-order valence-corrected chi connectivity index (χ0v) is 12.4. The summed E-state index contributed by atoms with van der Waals surface area (Å²) in [7, 11) is 3.31. The van der Waals surface area contributed by atoms with Crippen molar-refractivity contribution >= 4 is 0 Å². The number of hydrazine groups is 1. The van der Waals surface area contributed by atoms with Crippen molar-refractivity contribution in [3.8, 4) is 11.5 Å². The highest BCUT2D eigenvalue weighted by atomic mass is 16.5. The molecule has 0 aliphatic carbocycles. The molecule has 19 heavy (non-hydrogen) atoms. The van der Waals surface area contributed by atoms with Gasteiger partial charge in [-0.3, -0.25) is 11.3 Å². The zero-order chi connectivity index (χ0) is 14.3. The Morgan fingerprint density at radius 1 is 1.16 bits per heavy atom. The summed E-state index contributed by atoms with van der Waals surface area (Å²) in [5, 5.41) is 0. The van der Waals surface area contributed by atoms with Crippen LogP contribution in [-0.4, -0.2) is 14.2 Å². The van der Waals surface area contributed by atoms with Crippen LogP contribution in [0.5, 0.6) is 11.5 Å². The lowest BCUT2D eigenvalue weighted by atomic mass is 9.91. The minimum atomic E-state index is 0.0787. The Morgan fingerprint density at radius 3 is 2.32 bits per heavy atom. The maximum atomic E-state index is 5.73. The number of hydrogen-bond donors (Lipinski definition) is 2. The van der Waals surface area contributed by atoms with E-state index in [2.05, 4.69) is 19.3 Å². The number of para-hydroxylation sites is 1. The van der Waals surface area contributed by atoms with Crippen LogP contribution in [0, 0.1) is 5.92 Å². The first-order valence-corrected chi connectivity index (χ1v) is 6.88. The van der Waals surface area contributed by atoms with Gasteiger partial charge in [0, 0.05) is 5.56 Å². The summed E-state index contributed by atoms with van der Waals surface area (Å²) in [6, 6.07) is 5.98. The molecular weight excluding hydrogens is 240 g/mol. The van der Waals surface area contributed by atoms with Crippen molar-refractivity contribution in [3.63, 3.8) is 0 Å². The third-order valence-corrected chi connectivity index (χ3v) is 3.73. The van der Waals surface area contributed by atoms with Gasteiger partial charge in [0.1, 0.15) is 0 Å². The van der Waals surface area contributed by atoms with E-state index < -0.39 is 0 Å². The number of methoxy groups -OCH3 is 2. The van der Waals surface area contributed by atoms with Gasteiger partial charge in [0.2, 0.25) is 0 Å². The normalized spacial score (nSPS) is 12.5. The summed E-state index contributed by atoms with van der Waals surface area (Å²) in [6.45, 7) is 4.43. The molecule has 4 nitrogen and oxygen atoms in total. The van der Waals surface area contributed by atoms with Gasteiger partial charge in [-0.1, -0.05) is 38.8 Å². The molecule has 0 saturated carbocycles. The maximum Gasteiger partial charge on any atom is 0.165 e. The predicted molar refractivity (Wildman–Crippen MR) is 78.3 cm³/mol. The highest BCUT2D eigenvalue weighted by Crippen LogP contribution is 2.37. The summed E-state index contributed by atoms with van der Waals surface area (Å²) in [5.41, 5.74) is 3.96. The van der Waals surface area contributed by atoms with E-state index in [4.69, 9.17) is 15.3 Å². The number of rotatable bonds is 8. The Labute approximate surface area is 116 Å². The molecule has 0 aromatic heterocycles. The minimum Gasteiger partial charge on any atom is -0.493 e. The largest absolute Gasteiger partial charge is 0.493 e. The van der Waals surface area contributed by atoms with E-state index in [1.807, 2.05) is 18.2 Å². The van der Waals surface area contributed by atoms with E-state index in [-0.39, 0.29) is 6.04 Å². The highest BCUT2D eigenvalue weighted by molar-refractivity contribution is 5.48. The van der Waals surface area contributed by atoms with Crippen LogP contribution < -0.4 is 20.7 Å². The molecule has 4 heteroatoms. The molecule has 3 N–H and O–H groups in total. The maximum absolute atomic E-state index is 5.73. The molecule has 0 amide bonds. The van der Waals surface area contributed by atoms with Crippen LogP contribution >= 0.6 is 0 Å². The van der Waals surface area contributed by atoms with E-state index in [1.165, 1.54) is 0 Å². The number of nitrogens with one attached hydrogen (secondary N) is 1. The standard InChI is InChI=1S/C15H26N2O2/c1-5-11(6-2)10-13(17-16)12-8-7-9-14(18-3)15(12)19-4/h7-9,11,13,17H,5-6,10,16H2,1-4H3. The lowest BCUT2D eigenvalue weighted by Crippen LogP contribution is -2.30. The van der Waals surface area contributed by atoms with Crippen molar-refractivity contribution in [1.29, 1.82) is 0 Å². The van der Waals surface area contributed by atoms with E-state index in [1.54, 1.807) is 14.2 Å². The van der Waals surface area contributed by atoms with E-state index in [0.29, 0.717) is 5.92 Å². The number of hydrogen-bond acceptors (Lipinski definition) is 4. The predicted octanol–water partition coefficient (Wildman–Crippen LogP) is 3.03. The first-order chi connectivity index (χ1) is 9.21. The van der Waals surface area contributed by atoms with Gasteiger partial charge in [0.15, 0.2) is 11.5 Å². The van der Waals surface area contributed by atoms with Crippen LogP contribution in [0.25, 0.3) is 0 Å². The van der Waals surface area contributed by atoms with Gasteiger partial charge in [0.25, 0.3) is 0 Å². The second kappa shape index (κ2) is 8.02. The molecule has 108 valence electrons. The van der Waals surface area contributed by atoms with Gasteiger partial charge < -0.3 is 9.47 Å². The smallest absolute Gasteiger partial charge is 0.165 e. The average Bonchev–Trinajstić information content (AvgIpc) is 2.47. The second-order valence-corrected chi connectivity index (χ2v) is 4.72. The fourth-order valence-electron chi connectivity index (χ4n) is 2.43. The lowest BCUT2D eigenvalue weighted by molar-refractivity contribution is 0.332. The molecule has 1 unspecified atom stereocenters. The van der Waals surface area contributed by atoms with Crippen molar-refractivity contribution in [2.75, 3.05) is 14.2 Å². The van der Waals surface area contributed by atoms with Gasteiger partial charge in [0.05, 0.1) is 20.3 Å². The van der Waals surface area contributed by atoms with Crippen LogP contribution in [0.4, 0.5) is 0 Å². The Hall–Kier alpha value is -1.26. The SMILES string of the molecule is CCC(CC)CC(NN)c1cccc(OC)c1OC. The molecule has 0 bridgehead atoms. The summed E-state index contributed by atoms with van der Waals surface area (Å²) in [5.74, 6) is 7.88. The van der Waals surface area contributed by atoms with Crippen molar-refractivity contribution in [3.05, 3.63) is 23.8 Å². The monoisotopic (exact) mass is 266 g/mol. The molecule has 0 heterocycles. The van der Waals surface area contributed by atoms with Crippen LogP contribution in [0.1, 0.15) is 44.7 Å². The third-order valence-electron chi connectivity index (χ3n) is 3.73. The molecule has 1 aromatic carbocycles. The molecule has 0 fully saturated rings. The van der Waals surface area contributed by atoms with Crippen molar-refractivity contribution in [2.45, 2.75) is 39.2 Å². The summed E-state index contributed by atoms with van der Waals surface area (Å²) in [4.78, 5) is 0. The topological polar surface area (TPSA) is 56.5 Å². The minimum absolute atomic E-state index is 0.0787. The first kappa shape index (κ1) is 15.8. The summed E-state index contributed by atoms with van der Waals surface area (Å²) >= 11 is 0. The van der Waals surface area contributed by atoms with Gasteiger partial charge in [-0.25, -0.2) is 0 Å². The average molecular weight is 266 g/mol. The van der Waals surface area contributed by atoms with Crippen molar-refractivity contribution in [2.24, 2.45) is 11.8 Å². The van der Waals surface area contributed by atoms with Crippen LogP contribution in [0.2, 0.25) is 0 Å². The fourth-order valence-corrected chi connectivity index (χ4v) is 2.43. The molecule has 0 radical (unpaired) electrons. The van der Waals surface area contributed by atoms with Crippen molar-refractivity contribution in [1.82, 2.24) is 5.43 Å². The van der Waals surface area contributed by atoms with Crippen LogP contribution in [0.15, 0.2) is 18.2 Å². The van der Waals surface area contributed by atoms with Gasteiger partial charge in [-0.05, 0) is 18.4 Å². The van der Waals surface area contributed by atoms with Gasteiger partial charge in [-0.2, -0.15) is 0 Å². The van der Waals surface area contributed by atoms with Gasteiger partial charge >= 0.3 is 0 Å².